The van der Waals surface area contributed by atoms with E-state index < -0.39 is 10.0 Å². The zero-order chi connectivity index (χ0) is 21.6. The highest BCUT2D eigenvalue weighted by Gasteiger charge is 2.10. The number of anilines is 1. The monoisotopic (exact) mass is 448 g/mol. The summed E-state index contributed by atoms with van der Waals surface area (Å²) in [5.74, 6) is 1.91. The molecule has 0 saturated heterocycles. The molecular formula is C19H21ClN6O3S. The standard InChI is InChI=1S/C19H21ClN6O3S/c1-3-17-25-15(11-24-19-22-9-14(20)10-23-19)8-18(26-17)29-16-6-4-13(5-7-16)12-30(27,28)21-2/h4-10,21H,3,11-12H2,1-2H3,(H,22,23,24). The van der Waals surface area contributed by atoms with E-state index >= 15 is 0 Å². The highest BCUT2D eigenvalue weighted by molar-refractivity contribution is 7.88. The Kier molecular flexibility index (Phi) is 7.14. The molecule has 0 bridgehead atoms. The number of hydrogen-bond donors (Lipinski definition) is 2. The van der Waals surface area contributed by atoms with Crippen LogP contribution in [0.3, 0.4) is 0 Å². The van der Waals surface area contributed by atoms with Crippen molar-refractivity contribution in [2.24, 2.45) is 0 Å². The molecule has 9 nitrogen and oxygen atoms in total. The lowest BCUT2D eigenvalue weighted by molar-refractivity contribution is 0.457. The van der Waals surface area contributed by atoms with Crippen molar-refractivity contribution in [3.05, 3.63) is 64.8 Å². The molecule has 3 aromatic rings. The Bertz CT molecular complexity index is 1090. The Labute approximate surface area is 180 Å². The summed E-state index contributed by atoms with van der Waals surface area (Å²) in [7, 11) is -1.94. The van der Waals surface area contributed by atoms with Gasteiger partial charge in [0.15, 0.2) is 0 Å². The minimum Gasteiger partial charge on any atom is -0.439 e. The summed E-state index contributed by atoms with van der Waals surface area (Å²) in [6.07, 6.45) is 3.66. The molecule has 0 unspecified atom stereocenters. The van der Waals surface area contributed by atoms with Gasteiger partial charge in [0.2, 0.25) is 21.9 Å². The van der Waals surface area contributed by atoms with Crippen molar-refractivity contribution < 1.29 is 13.2 Å². The Hall–Kier alpha value is -2.82. The summed E-state index contributed by atoms with van der Waals surface area (Å²) in [4.78, 5) is 17.1. The fourth-order valence-corrected chi connectivity index (χ4v) is 3.34. The number of hydrogen-bond acceptors (Lipinski definition) is 8. The summed E-state index contributed by atoms with van der Waals surface area (Å²) >= 11 is 5.79. The Morgan fingerprint density at radius 3 is 2.43 bits per heavy atom. The molecule has 0 spiro atoms. The molecule has 158 valence electrons. The van der Waals surface area contributed by atoms with Crippen LogP contribution in [-0.4, -0.2) is 35.4 Å². The van der Waals surface area contributed by atoms with Gasteiger partial charge in [0.25, 0.3) is 0 Å². The number of halogens is 1. The number of nitrogens with zero attached hydrogens (tertiary/aromatic N) is 4. The zero-order valence-corrected chi connectivity index (χ0v) is 18.0. The smallest absolute Gasteiger partial charge is 0.222 e. The first-order valence-electron chi connectivity index (χ1n) is 9.13. The van der Waals surface area contributed by atoms with Crippen molar-refractivity contribution in [3.8, 4) is 11.6 Å². The predicted octanol–water partition coefficient (Wildman–Crippen LogP) is 2.94. The summed E-state index contributed by atoms with van der Waals surface area (Å²) in [5, 5.41) is 3.54. The molecule has 0 fully saturated rings. The Morgan fingerprint density at radius 1 is 1.10 bits per heavy atom. The second-order valence-electron chi connectivity index (χ2n) is 6.25. The van der Waals surface area contributed by atoms with Gasteiger partial charge in [-0.25, -0.2) is 28.1 Å². The molecule has 3 rings (SSSR count). The van der Waals surface area contributed by atoms with Crippen molar-refractivity contribution in [1.82, 2.24) is 24.7 Å². The molecule has 0 aliphatic heterocycles. The first-order chi connectivity index (χ1) is 14.4. The van der Waals surface area contributed by atoms with Crippen LogP contribution in [0, 0.1) is 0 Å². The average molecular weight is 449 g/mol. The molecule has 11 heteroatoms. The maximum Gasteiger partial charge on any atom is 0.222 e. The minimum absolute atomic E-state index is 0.0974. The van der Waals surface area contributed by atoms with Crippen molar-refractivity contribution in [2.75, 3.05) is 12.4 Å². The normalized spacial score (nSPS) is 11.3. The SMILES string of the molecule is CCc1nc(CNc2ncc(Cl)cn2)cc(Oc2ccc(CS(=O)(=O)NC)cc2)n1. The van der Waals surface area contributed by atoms with Crippen LogP contribution < -0.4 is 14.8 Å². The molecule has 30 heavy (non-hydrogen) atoms. The van der Waals surface area contributed by atoms with E-state index in [0.717, 1.165) is 0 Å². The minimum atomic E-state index is -3.33. The van der Waals surface area contributed by atoms with E-state index in [-0.39, 0.29) is 5.75 Å². The van der Waals surface area contributed by atoms with Crippen molar-refractivity contribution in [1.29, 1.82) is 0 Å². The van der Waals surface area contributed by atoms with E-state index in [0.29, 0.717) is 52.6 Å². The average Bonchev–Trinajstić information content (AvgIpc) is 2.74. The van der Waals surface area contributed by atoms with Gasteiger partial charge in [0.05, 0.1) is 35.4 Å². The van der Waals surface area contributed by atoms with E-state index in [1.165, 1.54) is 19.4 Å². The van der Waals surface area contributed by atoms with Gasteiger partial charge >= 0.3 is 0 Å². The van der Waals surface area contributed by atoms with Crippen LogP contribution in [0.25, 0.3) is 0 Å². The molecule has 0 amide bonds. The molecule has 2 heterocycles. The lowest BCUT2D eigenvalue weighted by Crippen LogP contribution is -2.20. The summed E-state index contributed by atoms with van der Waals surface area (Å²) in [6, 6.07) is 8.53. The fourth-order valence-electron chi connectivity index (χ4n) is 2.47. The first kappa shape index (κ1) is 21.9. The van der Waals surface area contributed by atoms with Crippen LogP contribution in [0.2, 0.25) is 5.02 Å². The van der Waals surface area contributed by atoms with Gasteiger partial charge in [-0.15, -0.1) is 0 Å². The topological polar surface area (TPSA) is 119 Å². The highest BCUT2D eigenvalue weighted by atomic mass is 35.5. The quantitative estimate of drug-likeness (QED) is 0.512. The number of rotatable bonds is 9. The van der Waals surface area contributed by atoms with E-state index in [4.69, 9.17) is 16.3 Å². The molecule has 0 atom stereocenters. The van der Waals surface area contributed by atoms with Gasteiger partial charge in [-0.3, -0.25) is 0 Å². The van der Waals surface area contributed by atoms with Gasteiger partial charge in [-0.2, -0.15) is 4.98 Å². The molecule has 0 aliphatic rings. The van der Waals surface area contributed by atoms with E-state index in [2.05, 4.69) is 30.0 Å². The molecule has 2 aromatic heterocycles. The van der Waals surface area contributed by atoms with Crippen molar-refractivity contribution in [2.45, 2.75) is 25.6 Å². The van der Waals surface area contributed by atoms with Crippen molar-refractivity contribution in [3.63, 3.8) is 0 Å². The molecular weight excluding hydrogens is 428 g/mol. The van der Waals surface area contributed by atoms with Gasteiger partial charge in [0, 0.05) is 12.5 Å². The number of benzene rings is 1. The third-order valence-corrected chi connectivity index (χ3v) is 5.51. The van der Waals surface area contributed by atoms with Crippen LogP contribution in [0.5, 0.6) is 11.6 Å². The predicted molar refractivity (Wildman–Crippen MR) is 114 cm³/mol. The number of aromatic nitrogens is 4. The second-order valence-corrected chi connectivity index (χ2v) is 8.62. The fraction of sp³-hybridized carbons (Fsp3) is 0.263. The zero-order valence-electron chi connectivity index (χ0n) is 16.5. The van der Waals surface area contributed by atoms with Gasteiger partial charge in [0.1, 0.15) is 11.6 Å². The summed E-state index contributed by atoms with van der Waals surface area (Å²) in [5.41, 5.74) is 1.37. The lowest BCUT2D eigenvalue weighted by atomic mass is 10.2. The maximum absolute atomic E-state index is 11.7. The van der Waals surface area contributed by atoms with E-state index in [1.54, 1.807) is 30.3 Å². The summed E-state index contributed by atoms with van der Waals surface area (Å²) in [6.45, 7) is 2.34. The van der Waals surface area contributed by atoms with Crippen LogP contribution in [-0.2, 0) is 28.7 Å². The molecule has 0 saturated carbocycles. The number of ether oxygens (including phenoxy) is 1. The number of sulfonamides is 1. The van der Waals surface area contributed by atoms with Crippen molar-refractivity contribution >= 4 is 27.6 Å². The largest absolute Gasteiger partial charge is 0.439 e. The molecule has 0 radical (unpaired) electrons. The second kappa shape index (κ2) is 9.79. The molecule has 0 aliphatic carbocycles. The van der Waals surface area contributed by atoms with Crippen LogP contribution in [0.1, 0.15) is 24.0 Å². The Morgan fingerprint density at radius 2 is 1.80 bits per heavy atom. The summed E-state index contributed by atoms with van der Waals surface area (Å²) < 4.78 is 31.4. The van der Waals surface area contributed by atoms with Gasteiger partial charge in [-0.05, 0) is 24.7 Å². The van der Waals surface area contributed by atoms with Crippen LogP contribution in [0.15, 0.2) is 42.7 Å². The molecule has 1 aromatic carbocycles. The number of aryl methyl sites for hydroxylation is 1. The molecule has 2 N–H and O–H groups in total. The third-order valence-electron chi connectivity index (χ3n) is 3.98. The van der Waals surface area contributed by atoms with Crippen LogP contribution in [0.4, 0.5) is 5.95 Å². The first-order valence-corrected chi connectivity index (χ1v) is 11.2. The van der Waals surface area contributed by atoms with Crippen LogP contribution >= 0.6 is 11.6 Å². The van der Waals surface area contributed by atoms with E-state index in [1.807, 2.05) is 6.92 Å². The van der Waals surface area contributed by atoms with Gasteiger partial charge in [-0.1, -0.05) is 30.7 Å². The third kappa shape index (κ3) is 6.34. The maximum atomic E-state index is 11.7. The van der Waals surface area contributed by atoms with Gasteiger partial charge < -0.3 is 10.1 Å². The highest BCUT2D eigenvalue weighted by Crippen LogP contribution is 2.22. The van der Waals surface area contributed by atoms with E-state index in [9.17, 15) is 8.42 Å². The Balaban J connectivity index is 1.70. The number of nitrogens with one attached hydrogen (secondary N) is 2. The lowest BCUT2D eigenvalue weighted by Gasteiger charge is -2.10.